The molecule has 0 saturated carbocycles. The summed E-state index contributed by atoms with van der Waals surface area (Å²) in [6, 6.07) is 1.43. The number of halogens is 4. The minimum atomic E-state index is -4.55. The second-order valence-electron chi connectivity index (χ2n) is 3.08. The van der Waals surface area contributed by atoms with Crippen LogP contribution in [0.25, 0.3) is 0 Å². The van der Waals surface area contributed by atoms with Crippen molar-refractivity contribution < 1.29 is 17.6 Å². The molecule has 84 valence electrons. The minimum Gasteiger partial charge on any atom is -0.329 e. The number of hydrogen-bond donors (Lipinski definition) is 2. The Bertz CT molecular complexity index is 348. The third-order valence-electron chi connectivity index (χ3n) is 1.98. The van der Waals surface area contributed by atoms with Crippen molar-refractivity contribution in [1.82, 2.24) is 0 Å². The van der Waals surface area contributed by atoms with E-state index in [1.807, 2.05) is 0 Å². The molecule has 2 nitrogen and oxygen atoms in total. The van der Waals surface area contributed by atoms with E-state index in [-0.39, 0.29) is 12.1 Å². The Kier molecular flexibility index (Phi) is 3.31. The van der Waals surface area contributed by atoms with Crippen molar-refractivity contribution in [3.05, 3.63) is 35.1 Å². The van der Waals surface area contributed by atoms with E-state index in [0.717, 1.165) is 12.1 Å². The summed E-state index contributed by atoms with van der Waals surface area (Å²) in [5.74, 6) is -0.984. The number of benzene rings is 1. The smallest absolute Gasteiger partial charge is 0.329 e. The van der Waals surface area contributed by atoms with Crippen LogP contribution in [0.4, 0.5) is 17.6 Å². The average Bonchev–Trinajstić information content (AvgIpc) is 2.15. The maximum Gasteiger partial charge on any atom is 0.416 e. The lowest BCUT2D eigenvalue weighted by molar-refractivity contribution is -0.137. The van der Waals surface area contributed by atoms with Crippen LogP contribution >= 0.6 is 0 Å². The topological polar surface area (TPSA) is 52.0 Å². The number of alkyl halides is 3. The van der Waals surface area contributed by atoms with Gasteiger partial charge in [0.2, 0.25) is 0 Å². The van der Waals surface area contributed by atoms with Crippen LogP contribution in [0.15, 0.2) is 18.2 Å². The highest BCUT2D eigenvalue weighted by atomic mass is 19.4. The van der Waals surface area contributed by atoms with E-state index < -0.39 is 23.6 Å². The molecular weight excluding hydrogens is 212 g/mol. The van der Waals surface area contributed by atoms with Gasteiger partial charge >= 0.3 is 6.18 Å². The maximum absolute atomic E-state index is 13.2. The molecule has 0 spiro atoms. The van der Waals surface area contributed by atoms with E-state index >= 15 is 0 Å². The number of hydrogen-bond acceptors (Lipinski definition) is 2. The molecule has 1 rings (SSSR count). The lowest BCUT2D eigenvalue weighted by Gasteiger charge is -2.12. The standard InChI is InChI=1S/C9H10F4N2/c10-7-3-5(9(11,12)13)1-2-6(7)8(15)4-14/h1-3,8H,4,14-15H2. The van der Waals surface area contributed by atoms with Gasteiger partial charge in [-0.2, -0.15) is 13.2 Å². The summed E-state index contributed by atoms with van der Waals surface area (Å²) in [5.41, 5.74) is 9.55. The molecule has 1 aromatic rings. The fraction of sp³-hybridized carbons (Fsp3) is 0.333. The van der Waals surface area contributed by atoms with Crippen LogP contribution in [-0.4, -0.2) is 6.54 Å². The summed E-state index contributed by atoms with van der Waals surface area (Å²) < 4.78 is 49.7. The first kappa shape index (κ1) is 11.9. The van der Waals surface area contributed by atoms with Gasteiger partial charge < -0.3 is 11.5 Å². The number of rotatable bonds is 2. The molecule has 1 atom stereocenters. The third-order valence-corrected chi connectivity index (χ3v) is 1.98. The van der Waals surface area contributed by atoms with Gasteiger partial charge in [0.25, 0.3) is 0 Å². The Balaban J connectivity index is 3.09. The SMILES string of the molecule is NCC(N)c1ccc(C(F)(F)F)cc1F. The lowest BCUT2D eigenvalue weighted by Crippen LogP contribution is -2.22. The summed E-state index contributed by atoms with van der Waals surface area (Å²) >= 11 is 0. The van der Waals surface area contributed by atoms with Crippen LogP contribution in [-0.2, 0) is 6.18 Å². The molecule has 1 aromatic carbocycles. The van der Waals surface area contributed by atoms with Gasteiger partial charge in [0.05, 0.1) is 5.56 Å². The van der Waals surface area contributed by atoms with Crippen molar-refractivity contribution in [3.8, 4) is 0 Å². The van der Waals surface area contributed by atoms with Gasteiger partial charge in [-0.3, -0.25) is 0 Å². The molecule has 4 N–H and O–H groups in total. The van der Waals surface area contributed by atoms with Crippen LogP contribution in [0.3, 0.4) is 0 Å². The van der Waals surface area contributed by atoms with E-state index in [0.29, 0.717) is 6.07 Å². The monoisotopic (exact) mass is 222 g/mol. The predicted octanol–water partition coefficient (Wildman–Crippen LogP) is 1.80. The molecule has 0 aromatic heterocycles. The van der Waals surface area contributed by atoms with Gasteiger partial charge in [-0.05, 0) is 12.1 Å². The molecule has 0 aliphatic carbocycles. The quantitative estimate of drug-likeness (QED) is 0.749. The Morgan fingerprint density at radius 3 is 2.27 bits per heavy atom. The fourth-order valence-corrected chi connectivity index (χ4v) is 1.13. The third kappa shape index (κ3) is 2.66. The van der Waals surface area contributed by atoms with Crippen molar-refractivity contribution in [2.75, 3.05) is 6.54 Å². The minimum absolute atomic E-state index is 0.00880. The van der Waals surface area contributed by atoms with Gasteiger partial charge in [-0.25, -0.2) is 4.39 Å². The second-order valence-corrected chi connectivity index (χ2v) is 3.08. The van der Waals surface area contributed by atoms with Crippen LogP contribution in [0.5, 0.6) is 0 Å². The van der Waals surface area contributed by atoms with Crippen molar-refractivity contribution >= 4 is 0 Å². The van der Waals surface area contributed by atoms with Crippen LogP contribution in [0.1, 0.15) is 17.2 Å². The fourth-order valence-electron chi connectivity index (χ4n) is 1.13. The zero-order chi connectivity index (χ0) is 11.6. The molecule has 0 fully saturated rings. The Morgan fingerprint density at radius 1 is 1.27 bits per heavy atom. The van der Waals surface area contributed by atoms with E-state index in [1.54, 1.807) is 0 Å². The summed E-state index contributed by atoms with van der Waals surface area (Å²) in [4.78, 5) is 0. The zero-order valence-electron chi connectivity index (χ0n) is 7.68. The highest BCUT2D eigenvalue weighted by Gasteiger charge is 2.31. The molecule has 0 radical (unpaired) electrons. The van der Waals surface area contributed by atoms with Gasteiger partial charge in [0.15, 0.2) is 0 Å². The Morgan fingerprint density at radius 2 is 1.87 bits per heavy atom. The Hall–Kier alpha value is -1.14. The van der Waals surface area contributed by atoms with Crippen molar-refractivity contribution in [3.63, 3.8) is 0 Å². The highest BCUT2D eigenvalue weighted by Crippen LogP contribution is 2.30. The average molecular weight is 222 g/mol. The maximum atomic E-state index is 13.2. The van der Waals surface area contributed by atoms with Crippen LogP contribution < -0.4 is 11.5 Å². The molecule has 15 heavy (non-hydrogen) atoms. The molecular formula is C9H10F4N2. The Labute approximate surface area is 83.9 Å². The molecule has 0 aliphatic rings. The number of nitrogens with two attached hydrogens (primary N) is 2. The summed E-state index contributed by atoms with van der Waals surface area (Å²) in [6.07, 6.45) is -4.55. The van der Waals surface area contributed by atoms with E-state index in [2.05, 4.69) is 0 Å². The largest absolute Gasteiger partial charge is 0.416 e. The van der Waals surface area contributed by atoms with Crippen LogP contribution in [0, 0.1) is 5.82 Å². The van der Waals surface area contributed by atoms with Gasteiger partial charge in [0.1, 0.15) is 5.82 Å². The first-order valence-electron chi connectivity index (χ1n) is 4.18. The van der Waals surface area contributed by atoms with Gasteiger partial charge in [-0.15, -0.1) is 0 Å². The lowest BCUT2D eigenvalue weighted by atomic mass is 10.0. The molecule has 0 amide bonds. The molecule has 6 heteroatoms. The van der Waals surface area contributed by atoms with Crippen molar-refractivity contribution in [2.45, 2.75) is 12.2 Å². The zero-order valence-corrected chi connectivity index (χ0v) is 7.68. The molecule has 0 heterocycles. The van der Waals surface area contributed by atoms with E-state index in [1.165, 1.54) is 0 Å². The molecule has 0 aliphatic heterocycles. The predicted molar refractivity (Wildman–Crippen MR) is 47.4 cm³/mol. The second kappa shape index (κ2) is 4.16. The normalized spacial score (nSPS) is 14.0. The molecule has 0 bridgehead atoms. The highest BCUT2D eigenvalue weighted by molar-refractivity contribution is 5.28. The van der Waals surface area contributed by atoms with E-state index in [9.17, 15) is 17.6 Å². The first-order chi connectivity index (χ1) is 6.86. The van der Waals surface area contributed by atoms with Crippen LogP contribution in [0.2, 0.25) is 0 Å². The summed E-state index contributed by atoms with van der Waals surface area (Å²) in [7, 11) is 0. The molecule has 0 saturated heterocycles. The van der Waals surface area contributed by atoms with Crippen molar-refractivity contribution in [1.29, 1.82) is 0 Å². The molecule has 1 unspecified atom stereocenters. The summed E-state index contributed by atoms with van der Waals surface area (Å²) in [5, 5.41) is 0. The van der Waals surface area contributed by atoms with Gasteiger partial charge in [-0.1, -0.05) is 6.07 Å². The van der Waals surface area contributed by atoms with Gasteiger partial charge in [0, 0.05) is 18.2 Å². The summed E-state index contributed by atoms with van der Waals surface area (Å²) in [6.45, 7) is -0.0255. The van der Waals surface area contributed by atoms with Crippen molar-refractivity contribution in [2.24, 2.45) is 11.5 Å². The first-order valence-corrected chi connectivity index (χ1v) is 4.18. The van der Waals surface area contributed by atoms with E-state index in [4.69, 9.17) is 11.5 Å².